The van der Waals surface area contributed by atoms with E-state index < -0.39 is 0 Å². The summed E-state index contributed by atoms with van der Waals surface area (Å²) < 4.78 is 10.1. The molecule has 3 heteroatoms. The Bertz CT molecular complexity index is 511. The minimum Gasteiger partial charge on any atom is -0.353 e. The number of fused-ring (bicyclic) bond motifs is 1. The Balaban J connectivity index is 0.000000221. The second-order valence-electron chi connectivity index (χ2n) is 4.16. The molecule has 0 saturated heterocycles. The highest BCUT2D eigenvalue weighted by atomic mass is 16.7. The van der Waals surface area contributed by atoms with Crippen molar-refractivity contribution in [3.63, 3.8) is 0 Å². The monoisotopic (exact) mass is 274 g/mol. The third-order valence-electron chi connectivity index (χ3n) is 2.75. The quantitative estimate of drug-likeness (QED) is 0.609. The van der Waals surface area contributed by atoms with E-state index in [0.717, 1.165) is 35.8 Å². The van der Waals surface area contributed by atoms with Crippen LogP contribution in [0.5, 0.6) is 0 Å². The fourth-order valence-electron chi connectivity index (χ4n) is 1.87. The van der Waals surface area contributed by atoms with Crippen molar-refractivity contribution in [1.82, 2.24) is 0 Å². The summed E-state index contributed by atoms with van der Waals surface area (Å²) in [6, 6.07) is 13.6. The molecular weight excluding hydrogens is 252 g/mol. The first-order valence-corrected chi connectivity index (χ1v) is 6.89. The molecule has 0 fully saturated rings. The van der Waals surface area contributed by atoms with Crippen LogP contribution in [0.25, 0.3) is 10.8 Å². The fourth-order valence-corrected chi connectivity index (χ4v) is 1.87. The zero-order valence-corrected chi connectivity index (χ0v) is 12.3. The highest BCUT2D eigenvalue weighted by Crippen LogP contribution is 2.16. The van der Waals surface area contributed by atoms with Crippen LogP contribution in [0.15, 0.2) is 42.5 Å². The van der Waals surface area contributed by atoms with Crippen molar-refractivity contribution in [2.45, 2.75) is 27.1 Å². The maximum atomic E-state index is 10.6. The van der Waals surface area contributed by atoms with E-state index in [4.69, 9.17) is 9.47 Å². The first kappa shape index (κ1) is 16.3. The lowest BCUT2D eigenvalue weighted by atomic mass is 10.1. The number of carbonyl (C=O) groups is 1. The molecule has 0 atom stereocenters. The van der Waals surface area contributed by atoms with Gasteiger partial charge in [0.25, 0.3) is 0 Å². The number of hydrogen-bond acceptors (Lipinski definition) is 3. The normalized spacial score (nSPS) is 10.2. The number of rotatable bonds is 5. The summed E-state index contributed by atoms with van der Waals surface area (Å²) in [6.07, 6.45) is 0.854. The lowest BCUT2D eigenvalue weighted by Gasteiger charge is -2.09. The van der Waals surface area contributed by atoms with Crippen LogP contribution >= 0.6 is 0 Å². The van der Waals surface area contributed by atoms with Gasteiger partial charge < -0.3 is 9.47 Å². The van der Waals surface area contributed by atoms with Gasteiger partial charge in [0.2, 0.25) is 0 Å². The predicted octanol–water partition coefficient (Wildman–Crippen LogP) is 4.06. The summed E-state index contributed by atoms with van der Waals surface area (Å²) in [6.45, 7) is 7.25. The Hall–Kier alpha value is -1.71. The standard InChI is InChI=1S/C11H8O.C6H14O2/c12-8-10-6-3-5-9-4-1-2-7-11(9)10;1-4-7-6(3)8-5-2/h1-8H;6H,4-5H2,1-3H3. The Kier molecular flexibility index (Phi) is 7.55. The van der Waals surface area contributed by atoms with Gasteiger partial charge in [-0.2, -0.15) is 0 Å². The van der Waals surface area contributed by atoms with Crippen molar-refractivity contribution in [3.05, 3.63) is 48.0 Å². The Labute approximate surface area is 120 Å². The number of aldehydes is 1. The molecule has 0 aliphatic heterocycles. The lowest BCUT2D eigenvalue weighted by molar-refractivity contribution is -0.123. The number of ether oxygens (including phenoxy) is 2. The third-order valence-corrected chi connectivity index (χ3v) is 2.75. The molecule has 0 radical (unpaired) electrons. The van der Waals surface area contributed by atoms with E-state index in [2.05, 4.69) is 0 Å². The van der Waals surface area contributed by atoms with E-state index in [9.17, 15) is 4.79 Å². The molecule has 0 aliphatic carbocycles. The van der Waals surface area contributed by atoms with Crippen LogP contribution in [0.3, 0.4) is 0 Å². The van der Waals surface area contributed by atoms with Crippen molar-refractivity contribution in [2.75, 3.05) is 13.2 Å². The van der Waals surface area contributed by atoms with Crippen molar-refractivity contribution < 1.29 is 14.3 Å². The van der Waals surface area contributed by atoms with Crippen molar-refractivity contribution in [1.29, 1.82) is 0 Å². The maximum Gasteiger partial charge on any atom is 0.154 e. The first-order chi connectivity index (χ1) is 9.72. The Morgan fingerprint density at radius 1 is 1.00 bits per heavy atom. The minimum atomic E-state index is -0.0370. The molecule has 0 amide bonds. The summed E-state index contributed by atoms with van der Waals surface area (Å²) in [7, 11) is 0. The maximum absolute atomic E-state index is 10.6. The zero-order chi connectivity index (χ0) is 14.8. The molecule has 108 valence electrons. The molecule has 2 aromatic carbocycles. The van der Waals surface area contributed by atoms with Crippen LogP contribution in [0.1, 0.15) is 31.1 Å². The van der Waals surface area contributed by atoms with E-state index >= 15 is 0 Å². The van der Waals surface area contributed by atoms with Gasteiger partial charge in [0.05, 0.1) is 0 Å². The third kappa shape index (κ3) is 5.11. The molecule has 0 unspecified atom stereocenters. The van der Waals surface area contributed by atoms with Crippen LogP contribution < -0.4 is 0 Å². The molecule has 2 rings (SSSR count). The van der Waals surface area contributed by atoms with Crippen LogP contribution in [0, 0.1) is 0 Å². The molecular formula is C17H22O3. The highest BCUT2D eigenvalue weighted by Gasteiger charge is 1.96. The van der Waals surface area contributed by atoms with E-state index in [1.165, 1.54) is 0 Å². The van der Waals surface area contributed by atoms with Gasteiger partial charge in [-0.3, -0.25) is 4.79 Å². The van der Waals surface area contributed by atoms with Gasteiger partial charge in [-0.1, -0.05) is 42.5 Å². The molecule has 2 aromatic rings. The predicted molar refractivity (Wildman–Crippen MR) is 82.0 cm³/mol. The topological polar surface area (TPSA) is 35.5 Å². The van der Waals surface area contributed by atoms with E-state index in [-0.39, 0.29) is 6.29 Å². The minimum absolute atomic E-state index is 0.0370. The van der Waals surface area contributed by atoms with Gasteiger partial charge in [0, 0.05) is 18.8 Å². The van der Waals surface area contributed by atoms with Gasteiger partial charge in [0.15, 0.2) is 12.6 Å². The number of carbonyl (C=O) groups excluding carboxylic acids is 1. The average Bonchev–Trinajstić information content (AvgIpc) is 2.48. The van der Waals surface area contributed by atoms with Gasteiger partial charge in [-0.25, -0.2) is 0 Å². The number of benzene rings is 2. The van der Waals surface area contributed by atoms with Gasteiger partial charge >= 0.3 is 0 Å². The average molecular weight is 274 g/mol. The summed E-state index contributed by atoms with van der Waals surface area (Å²) in [4.78, 5) is 10.6. The van der Waals surface area contributed by atoms with Crippen LogP contribution in [-0.4, -0.2) is 25.8 Å². The molecule has 0 bridgehead atoms. The fraction of sp³-hybridized carbons (Fsp3) is 0.353. The van der Waals surface area contributed by atoms with Gasteiger partial charge in [-0.15, -0.1) is 0 Å². The summed E-state index contributed by atoms with van der Waals surface area (Å²) >= 11 is 0. The molecule has 0 saturated carbocycles. The Morgan fingerprint density at radius 3 is 2.20 bits per heavy atom. The van der Waals surface area contributed by atoms with Crippen molar-refractivity contribution in [3.8, 4) is 0 Å². The van der Waals surface area contributed by atoms with Crippen molar-refractivity contribution in [2.24, 2.45) is 0 Å². The van der Waals surface area contributed by atoms with Gasteiger partial charge in [-0.05, 0) is 31.5 Å². The van der Waals surface area contributed by atoms with Gasteiger partial charge in [0.1, 0.15) is 0 Å². The van der Waals surface area contributed by atoms with E-state index in [1.54, 1.807) is 0 Å². The molecule has 0 aromatic heterocycles. The van der Waals surface area contributed by atoms with Crippen LogP contribution in [0.2, 0.25) is 0 Å². The van der Waals surface area contributed by atoms with E-state index in [0.29, 0.717) is 0 Å². The molecule has 0 N–H and O–H groups in total. The molecule has 0 heterocycles. The molecule has 3 nitrogen and oxygen atoms in total. The molecule has 20 heavy (non-hydrogen) atoms. The Morgan fingerprint density at radius 2 is 1.60 bits per heavy atom. The zero-order valence-electron chi connectivity index (χ0n) is 12.3. The van der Waals surface area contributed by atoms with Crippen LogP contribution in [0.4, 0.5) is 0 Å². The second-order valence-corrected chi connectivity index (χ2v) is 4.16. The summed E-state index contributed by atoms with van der Waals surface area (Å²) in [5.41, 5.74) is 0.758. The van der Waals surface area contributed by atoms with Crippen molar-refractivity contribution >= 4 is 17.1 Å². The molecule has 0 spiro atoms. The first-order valence-electron chi connectivity index (χ1n) is 6.89. The lowest BCUT2D eigenvalue weighted by Crippen LogP contribution is -2.11. The van der Waals surface area contributed by atoms with Crippen LogP contribution in [-0.2, 0) is 9.47 Å². The second kappa shape index (κ2) is 9.23. The smallest absolute Gasteiger partial charge is 0.154 e. The molecule has 0 aliphatic rings. The largest absolute Gasteiger partial charge is 0.353 e. The number of hydrogen-bond donors (Lipinski definition) is 0. The highest BCUT2D eigenvalue weighted by molar-refractivity contribution is 5.97. The summed E-state index contributed by atoms with van der Waals surface area (Å²) in [5.74, 6) is 0. The SMILES string of the molecule is CCOC(C)OCC.O=Cc1cccc2ccccc12. The van der Waals surface area contributed by atoms with E-state index in [1.807, 2.05) is 63.2 Å². The summed E-state index contributed by atoms with van der Waals surface area (Å²) in [5, 5.41) is 2.14.